The third-order valence-corrected chi connectivity index (χ3v) is 11.4. The summed E-state index contributed by atoms with van der Waals surface area (Å²) in [6.07, 6.45) is 27.4. The molecule has 1 heteroatoms. The monoisotopic (exact) mass is 586 g/mol. The third-order valence-electron chi connectivity index (χ3n) is 9.24. The van der Waals surface area contributed by atoms with E-state index in [1.165, 1.54) is 54.4 Å². The minimum absolute atomic E-state index is 0.134. The van der Waals surface area contributed by atoms with Crippen LogP contribution in [0.4, 0.5) is 0 Å². The molecule has 0 nitrogen and oxygen atoms in total. The molecule has 2 aliphatic carbocycles. The Bertz CT molecular complexity index is 1430. The molecule has 0 saturated heterocycles. The van der Waals surface area contributed by atoms with Gasteiger partial charge in [0.25, 0.3) is 0 Å². The van der Waals surface area contributed by atoms with Crippen LogP contribution in [0.3, 0.4) is 0 Å². The summed E-state index contributed by atoms with van der Waals surface area (Å²) in [5, 5.41) is 0. The molecule has 0 N–H and O–H groups in total. The molecular formula is C42H50S. The van der Waals surface area contributed by atoms with Gasteiger partial charge in [0.1, 0.15) is 0 Å². The first-order valence-corrected chi connectivity index (χ1v) is 17.1. The molecular weight excluding hydrogens is 537 g/mol. The molecule has 0 amide bonds. The Labute approximate surface area is 266 Å². The van der Waals surface area contributed by atoms with Crippen molar-refractivity contribution in [2.24, 2.45) is 5.92 Å². The fraction of sp³-hybridized carbons (Fsp3) is 0.381. The van der Waals surface area contributed by atoms with Gasteiger partial charge in [0.2, 0.25) is 0 Å². The van der Waals surface area contributed by atoms with E-state index in [1.54, 1.807) is 5.57 Å². The SMILES string of the molecule is CCC(CC)(CC)SC(C)(C)C(CC1=C=C=C(/C=C/c2ccccc2)C=C1)CC1=CC=C(/C=C/c2ccccc2)CCC1. The molecule has 0 heterocycles. The van der Waals surface area contributed by atoms with Gasteiger partial charge in [-0.25, -0.2) is 0 Å². The molecule has 2 aromatic rings. The second-order valence-corrected chi connectivity index (χ2v) is 14.6. The van der Waals surface area contributed by atoms with Crippen molar-refractivity contribution in [2.45, 2.75) is 95.5 Å². The Hall–Kier alpha value is -3.21. The molecule has 0 aromatic heterocycles. The lowest BCUT2D eigenvalue weighted by atomic mass is 9.82. The minimum Gasteiger partial charge on any atom is -0.149 e. The number of rotatable bonds is 14. The maximum atomic E-state index is 3.54. The Morgan fingerprint density at radius 1 is 0.721 bits per heavy atom. The smallest absolute Gasteiger partial charge is 0.0249 e. The van der Waals surface area contributed by atoms with Gasteiger partial charge in [-0.1, -0.05) is 143 Å². The zero-order chi connectivity index (χ0) is 30.5. The highest BCUT2D eigenvalue weighted by Gasteiger charge is 2.38. The maximum Gasteiger partial charge on any atom is 0.0249 e. The predicted octanol–water partition coefficient (Wildman–Crippen LogP) is 12.5. The molecule has 4 rings (SSSR count). The van der Waals surface area contributed by atoms with E-state index in [0.717, 1.165) is 24.8 Å². The van der Waals surface area contributed by atoms with Gasteiger partial charge in [-0.05, 0) is 92.2 Å². The quantitative estimate of drug-likeness (QED) is 0.198. The van der Waals surface area contributed by atoms with Gasteiger partial charge in [-0.3, -0.25) is 0 Å². The van der Waals surface area contributed by atoms with E-state index in [2.05, 4.69) is 167 Å². The summed E-state index contributed by atoms with van der Waals surface area (Å²) in [6, 6.07) is 21.1. The largest absolute Gasteiger partial charge is 0.149 e. The molecule has 0 radical (unpaired) electrons. The average Bonchev–Trinajstić information content (AvgIpc) is 3.28. The van der Waals surface area contributed by atoms with E-state index >= 15 is 0 Å². The first-order valence-electron chi connectivity index (χ1n) is 16.3. The van der Waals surface area contributed by atoms with Crippen LogP contribution in [0.5, 0.6) is 0 Å². The van der Waals surface area contributed by atoms with E-state index < -0.39 is 0 Å². The highest BCUT2D eigenvalue weighted by molar-refractivity contribution is 8.02. The molecule has 0 saturated carbocycles. The number of hydrogen-bond acceptors (Lipinski definition) is 1. The van der Waals surface area contributed by atoms with Crippen molar-refractivity contribution in [3.63, 3.8) is 0 Å². The first-order chi connectivity index (χ1) is 20.8. The average molecular weight is 587 g/mol. The summed E-state index contributed by atoms with van der Waals surface area (Å²) in [4.78, 5) is 0. The van der Waals surface area contributed by atoms with Crippen LogP contribution in [0.15, 0.2) is 131 Å². The van der Waals surface area contributed by atoms with Crippen molar-refractivity contribution >= 4 is 23.9 Å². The fourth-order valence-corrected chi connectivity index (χ4v) is 8.02. The molecule has 2 aromatic carbocycles. The van der Waals surface area contributed by atoms with Gasteiger partial charge in [-0.15, -0.1) is 11.8 Å². The minimum atomic E-state index is 0.134. The van der Waals surface area contributed by atoms with Crippen LogP contribution < -0.4 is 0 Å². The zero-order valence-electron chi connectivity index (χ0n) is 27.0. The van der Waals surface area contributed by atoms with Gasteiger partial charge in [0.15, 0.2) is 0 Å². The molecule has 43 heavy (non-hydrogen) atoms. The number of thioether (sulfide) groups is 1. The topological polar surface area (TPSA) is 0 Å². The van der Waals surface area contributed by atoms with E-state index in [0.29, 0.717) is 10.7 Å². The summed E-state index contributed by atoms with van der Waals surface area (Å²) in [5.74, 6) is 0.512. The second-order valence-electron chi connectivity index (χ2n) is 12.5. The zero-order valence-corrected chi connectivity index (χ0v) is 27.9. The lowest BCUT2D eigenvalue weighted by molar-refractivity contribution is 0.403. The highest BCUT2D eigenvalue weighted by Crippen LogP contribution is 2.50. The van der Waals surface area contributed by atoms with Crippen LogP contribution in [0, 0.1) is 5.92 Å². The van der Waals surface area contributed by atoms with Gasteiger partial charge < -0.3 is 0 Å². The van der Waals surface area contributed by atoms with Crippen molar-refractivity contribution in [3.05, 3.63) is 142 Å². The molecule has 224 valence electrons. The standard InChI is InChI=1S/C42H50S/c1-6-42(7-2,8-3)43-41(4,5)40(33-39-30-27-37(28-31-39)25-23-35-18-13-10-14-19-35)32-38-21-15-20-36(26-29-38)24-22-34-16-11-9-12-17-34/h9-14,16-19,22-27,29-30,40H,6-8,15,20-21,32-33H2,1-5H3/b24-22+,25-23+. The van der Waals surface area contributed by atoms with Crippen LogP contribution in [0.1, 0.15) is 97.1 Å². The van der Waals surface area contributed by atoms with Gasteiger partial charge in [-0.2, -0.15) is 0 Å². The molecule has 1 unspecified atom stereocenters. The van der Waals surface area contributed by atoms with E-state index in [4.69, 9.17) is 0 Å². The Kier molecular flexibility index (Phi) is 12.2. The van der Waals surface area contributed by atoms with E-state index in [1.807, 2.05) is 0 Å². The highest BCUT2D eigenvalue weighted by atomic mass is 32.2. The van der Waals surface area contributed by atoms with Crippen LogP contribution in [-0.4, -0.2) is 9.49 Å². The molecule has 0 spiro atoms. The number of benzene rings is 2. The molecule has 0 fully saturated rings. The molecule has 2 aliphatic rings. The first kappa shape index (κ1) is 32.7. The van der Waals surface area contributed by atoms with E-state index in [9.17, 15) is 0 Å². The normalized spacial score (nSPS) is 16.6. The molecule has 0 bridgehead atoms. The van der Waals surface area contributed by atoms with Crippen molar-refractivity contribution in [1.29, 1.82) is 0 Å². The van der Waals surface area contributed by atoms with Crippen molar-refractivity contribution < 1.29 is 0 Å². The van der Waals surface area contributed by atoms with Crippen molar-refractivity contribution in [2.75, 3.05) is 0 Å². The summed E-state index contributed by atoms with van der Waals surface area (Å²) in [5.41, 5.74) is 14.8. The van der Waals surface area contributed by atoms with Crippen molar-refractivity contribution in [3.8, 4) is 0 Å². The van der Waals surface area contributed by atoms with Crippen LogP contribution in [0.25, 0.3) is 12.2 Å². The Balaban J connectivity index is 1.57. The third kappa shape index (κ3) is 9.91. The van der Waals surface area contributed by atoms with Gasteiger partial charge >= 0.3 is 0 Å². The van der Waals surface area contributed by atoms with Crippen LogP contribution >= 0.6 is 11.8 Å². The van der Waals surface area contributed by atoms with Crippen LogP contribution in [-0.2, 0) is 0 Å². The lowest BCUT2D eigenvalue weighted by Gasteiger charge is -2.43. The van der Waals surface area contributed by atoms with Crippen molar-refractivity contribution in [1.82, 2.24) is 0 Å². The number of hydrogen-bond donors (Lipinski definition) is 0. The Morgan fingerprint density at radius 2 is 1.35 bits per heavy atom. The maximum absolute atomic E-state index is 3.54. The molecule has 1 atom stereocenters. The Morgan fingerprint density at radius 3 is 1.93 bits per heavy atom. The second kappa shape index (κ2) is 16.0. The van der Waals surface area contributed by atoms with E-state index in [-0.39, 0.29) is 4.75 Å². The predicted molar refractivity (Wildman–Crippen MR) is 192 cm³/mol. The summed E-state index contributed by atoms with van der Waals surface area (Å²) in [6.45, 7) is 12.1. The molecule has 0 aliphatic heterocycles. The summed E-state index contributed by atoms with van der Waals surface area (Å²) >= 11 is 2.24. The summed E-state index contributed by atoms with van der Waals surface area (Å²) < 4.78 is 0.464. The summed E-state index contributed by atoms with van der Waals surface area (Å²) in [7, 11) is 0. The van der Waals surface area contributed by atoms with Gasteiger partial charge in [0.05, 0.1) is 0 Å². The van der Waals surface area contributed by atoms with Crippen LogP contribution in [0.2, 0.25) is 0 Å². The lowest BCUT2D eigenvalue weighted by Crippen LogP contribution is -2.36. The fourth-order valence-electron chi connectivity index (χ4n) is 6.13. The number of allylic oxidation sites excluding steroid dienone is 10. The van der Waals surface area contributed by atoms with Gasteiger partial charge in [0, 0.05) is 20.6 Å².